The van der Waals surface area contributed by atoms with Crippen LogP contribution in [0.15, 0.2) is 54.7 Å². The summed E-state index contributed by atoms with van der Waals surface area (Å²) in [5.74, 6) is 1.08. The zero-order chi connectivity index (χ0) is 19.2. The molecular formula is C22H27N3O2. The lowest BCUT2D eigenvalue weighted by molar-refractivity contribution is -0.126. The first-order valence-electron chi connectivity index (χ1n) is 9.45. The molecule has 3 rings (SSSR count). The van der Waals surface area contributed by atoms with Crippen molar-refractivity contribution in [1.82, 2.24) is 9.78 Å². The molecule has 0 fully saturated rings. The lowest BCUT2D eigenvalue weighted by Gasteiger charge is -2.15. The van der Waals surface area contributed by atoms with Gasteiger partial charge in [0.25, 0.3) is 5.91 Å². The van der Waals surface area contributed by atoms with E-state index in [0.29, 0.717) is 24.9 Å². The second kappa shape index (κ2) is 8.82. The SMILES string of the molecule is CC(C)CCOC(C)C(=O)Nc1ccnn1Cc1cccc2ccccc12. The Morgan fingerprint density at radius 2 is 1.89 bits per heavy atom. The van der Waals surface area contributed by atoms with Gasteiger partial charge < -0.3 is 10.1 Å². The van der Waals surface area contributed by atoms with Crippen molar-refractivity contribution >= 4 is 22.5 Å². The monoisotopic (exact) mass is 365 g/mol. The van der Waals surface area contributed by atoms with Gasteiger partial charge >= 0.3 is 0 Å². The van der Waals surface area contributed by atoms with E-state index in [0.717, 1.165) is 12.0 Å². The number of benzene rings is 2. The summed E-state index contributed by atoms with van der Waals surface area (Å²) in [5.41, 5.74) is 1.16. The van der Waals surface area contributed by atoms with Crippen molar-refractivity contribution in [3.05, 3.63) is 60.3 Å². The van der Waals surface area contributed by atoms with Gasteiger partial charge in [-0.2, -0.15) is 5.10 Å². The van der Waals surface area contributed by atoms with Gasteiger partial charge in [0, 0.05) is 12.7 Å². The molecule has 0 aliphatic rings. The Hall–Kier alpha value is -2.66. The number of hydrogen-bond acceptors (Lipinski definition) is 3. The molecule has 142 valence electrons. The molecule has 1 unspecified atom stereocenters. The Morgan fingerprint density at radius 3 is 2.70 bits per heavy atom. The largest absolute Gasteiger partial charge is 0.369 e. The fourth-order valence-electron chi connectivity index (χ4n) is 2.94. The van der Waals surface area contributed by atoms with Crippen molar-refractivity contribution in [2.45, 2.75) is 39.8 Å². The summed E-state index contributed by atoms with van der Waals surface area (Å²) in [7, 11) is 0. The van der Waals surface area contributed by atoms with Crippen LogP contribution in [0.4, 0.5) is 5.82 Å². The summed E-state index contributed by atoms with van der Waals surface area (Å²) >= 11 is 0. The van der Waals surface area contributed by atoms with Gasteiger partial charge in [-0.15, -0.1) is 0 Å². The van der Waals surface area contributed by atoms with Gasteiger partial charge in [-0.25, -0.2) is 4.68 Å². The van der Waals surface area contributed by atoms with Crippen LogP contribution in [-0.4, -0.2) is 28.4 Å². The number of aromatic nitrogens is 2. The van der Waals surface area contributed by atoms with Crippen molar-refractivity contribution in [1.29, 1.82) is 0 Å². The molecule has 1 N–H and O–H groups in total. The van der Waals surface area contributed by atoms with Crippen molar-refractivity contribution in [3.63, 3.8) is 0 Å². The van der Waals surface area contributed by atoms with Crippen LogP contribution in [0.5, 0.6) is 0 Å². The number of carbonyl (C=O) groups excluding carboxylic acids is 1. The topological polar surface area (TPSA) is 56.1 Å². The molecule has 0 saturated carbocycles. The number of hydrogen-bond donors (Lipinski definition) is 1. The van der Waals surface area contributed by atoms with E-state index in [4.69, 9.17) is 4.74 Å². The lowest BCUT2D eigenvalue weighted by atomic mass is 10.0. The van der Waals surface area contributed by atoms with Gasteiger partial charge in [-0.05, 0) is 35.6 Å². The minimum atomic E-state index is -0.496. The van der Waals surface area contributed by atoms with E-state index in [1.807, 2.05) is 24.3 Å². The average molecular weight is 365 g/mol. The summed E-state index contributed by atoms with van der Waals surface area (Å²) in [6, 6.07) is 16.3. The fraction of sp³-hybridized carbons (Fsp3) is 0.364. The van der Waals surface area contributed by atoms with Gasteiger partial charge in [0.05, 0.1) is 12.7 Å². The Kier molecular flexibility index (Phi) is 6.24. The van der Waals surface area contributed by atoms with Crippen LogP contribution >= 0.6 is 0 Å². The molecule has 1 heterocycles. The molecule has 5 nitrogen and oxygen atoms in total. The van der Waals surface area contributed by atoms with Crippen LogP contribution in [0.3, 0.4) is 0 Å². The van der Waals surface area contributed by atoms with E-state index in [2.05, 4.69) is 48.5 Å². The normalized spacial score (nSPS) is 12.4. The summed E-state index contributed by atoms with van der Waals surface area (Å²) in [4.78, 5) is 12.4. The summed E-state index contributed by atoms with van der Waals surface area (Å²) in [6.45, 7) is 7.23. The first-order valence-corrected chi connectivity index (χ1v) is 9.45. The molecular weight excluding hydrogens is 338 g/mol. The van der Waals surface area contributed by atoms with Crippen LogP contribution < -0.4 is 5.32 Å². The molecule has 2 aromatic carbocycles. The zero-order valence-corrected chi connectivity index (χ0v) is 16.2. The van der Waals surface area contributed by atoms with Crippen LogP contribution in [0.2, 0.25) is 0 Å². The summed E-state index contributed by atoms with van der Waals surface area (Å²) in [5, 5.41) is 9.70. The molecule has 0 spiro atoms. The highest BCUT2D eigenvalue weighted by Gasteiger charge is 2.16. The number of amides is 1. The van der Waals surface area contributed by atoms with E-state index >= 15 is 0 Å². The molecule has 0 aliphatic carbocycles. The van der Waals surface area contributed by atoms with E-state index in [-0.39, 0.29) is 5.91 Å². The Bertz CT molecular complexity index is 896. The molecule has 0 bridgehead atoms. The highest BCUT2D eigenvalue weighted by Crippen LogP contribution is 2.20. The number of nitrogens with one attached hydrogen (secondary N) is 1. The van der Waals surface area contributed by atoms with Gasteiger partial charge in [0.1, 0.15) is 11.9 Å². The van der Waals surface area contributed by atoms with E-state index in [1.54, 1.807) is 17.8 Å². The smallest absolute Gasteiger partial charge is 0.254 e. The minimum Gasteiger partial charge on any atom is -0.369 e. The number of rotatable bonds is 8. The quantitative estimate of drug-likeness (QED) is 0.640. The predicted molar refractivity (Wildman–Crippen MR) is 109 cm³/mol. The third-order valence-electron chi connectivity index (χ3n) is 4.60. The lowest BCUT2D eigenvalue weighted by Crippen LogP contribution is -2.29. The standard InChI is InChI=1S/C22H27N3O2/c1-16(2)12-14-27-17(3)22(26)24-21-11-13-23-25(21)15-19-9-6-8-18-7-4-5-10-20(18)19/h4-11,13,16-17H,12,14-15H2,1-3H3,(H,24,26). The Labute approximate surface area is 160 Å². The zero-order valence-electron chi connectivity index (χ0n) is 16.2. The summed E-state index contributed by atoms with van der Waals surface area (Å²) in [6.07, 6.45) is 2.14. The molecule has 0 aliphatic heterocycles. The molecule has 3 aromatic rings. The highest BCUT2D eigenvalue weighted by atomic mass is 16.5. The Balaban J connectivity index is 1.68. The Morgan fingerprint density at radius 1 is 1.11 bits per heavy atom. The third kappa shape index (κ3) is 4.95. The average Bonchev–Trinajstić information content (AvgIpc) is 3.08. The number of nitrogens with zero attached hydrogens (tertiary/aromatic N) is 2. The summed E-state index contributed by atoms with van der Waals surface area (Å²) < 4.78 is 7.44. The molecule has 27 heavy (non-hydrogen) atoms. The second-order valence-electron chi connectivity index (χ2n) is 7.20. The van der Waals surface area contributed by atoms with E-state index in [1.165, 1.54) is 10.8 Å². The van der Waals surface area contributed by atoms with Crippen LogP contribution in [0, 0.1) is 5.92 Å². The van der Waals surface area contributed by atoms with Crippen LogP contribution in [-0.2, 0) is 16.1 Å². The van der Waals surface area contributed by atoms with E-state index < -0.39 is 6.10 Å². The highest BCUT2D eigenvalue weighted by molar-refractivity contribution is 5.93. The van der Waals surface area contributed by atoms with Crippen molar-refractivity contribution in [2.75, 3.05) is 11.9 Å². The van der Waals surface area contributed by atoms with Crippen LogP contribution in [0.1, 0.15) is 32.8 Å². The fourth-order valence-corrected chi connectivity index (χ4v) is 2.94. The molecule has 0 saturated heterocycles. The number of carbonyl (C=O) groups is 1. The second-order valence-corrected chi connectivity index (χ2v) is 7.20. The van der Waals surface area contributed by atoms with Gasteiger partial charge in [0.2, 0.25) is 0 Å². The molecule has 5 heteroatoms. The van der Waals surface area contributed by atoms with Crippen molar-refractivity contribution in [3.8, 4) is 0 Å². The van der Waals surface area contributed by atoms with Gasteiger partial charge in [0.15, 0.2) is 0 Å². The van der Waals surface area contributed by atoms with Gasteiger partial charge in [-0.3, -0.25) is 4.79 Å². The van der Waals surface area contributed by atoms with Crippen molar-refractivity contribution < 1.29 is 9.53 Å². The number of fused-ring (bicyclic) bond motifs is 1. The molecule has 1 aromatic heterocycles. The van der Waals surface area contributed by atoms with Crippen LogP contribution in [0.25, 0.3) is 10.8 Å². The predicted octanol–water partition coefficient (Wildman–Crippen LogP) is 4.47. The number of anilines is 1. The molecule has 0 radical (unpaired) electrons. The third-order valence-corrected chi connectivity index (χ3v) is 4.60. The maximum Gasteiger partial charge on any atom is 0.254 e. The minimum absolute atomic E-state index is 0.154. The maximum atomic E-state index is 12.4. The first kappa shape index (κ1) is 19.1. The maximum absolute atomic E-state index is 12.4. The van der Waals surface area contributed by atoms with Gasteiger partial charge in [-0.1, -0.05) is 56.3 Å². The number of ether oxygens (including phenoxy) is 1. The van der Waals surface area contributed by atoms with E-state index in [9.17, 15) is 4.79 Å². The van der Waals surface area contributed by atoms with Crippen molar-refractivity contribution in [2.24, 2.45) is 5.92 Å². The first-order chi connectivity index (χ1) is 13.0. The molecule has 1 amide bonds. The molecule has 1 atom stereocenters.